The molecule has 0 bridgehead atoms. The maximum atomic E-state index is 12.5. The van der Waals surface area contributed by atoms with Gasteiger partial charge in [0.05, 0.1) is 7.05 Å². The molecule has 1 aromatic carbocycles. The van der Waals surface area contributed by atoms with Gasteiger partial charge < -0.3 is 10.4 Å². The van der Waals surface area contributed by atoms with Gasteiger partial charge in [-0.1, -0.05) is 39.3 Å². The number of rotatable bonds is 6. The lowest BCUT2D eigenvalue weighted by Gasteiger charge is -2.20. The summed E-state index contributed by atoms with van der Waals surface area (Å²) >= 11 is 6.20. The second-order valence-corrected chi connectivity index (χ2v) is 9.22. The van der Waals surface area contributed by atoms with Crippen molar-refractivity contribution in [1.29, 1.82) is 0 Å². The number of nitrogens with one attached hydrogen (secondary N) is 2. The van der Waals surface area contributed by atoms with E-state index in [0.717, 1.165) is 28.2 Å². The van der Waals surface area contributed by atoms with Crippen molar-refractivity contribution in [2.75, 3.05) is 5.32 Å². The van der Waals surface area contributed by atoms with E-state index in [1.54, 1.807) is 12.1 Å². The fourth-order valence-corrected chi connectivity index (χ4v) is 3.96. The molecule has 0 saturated carbocycles. The van der Waals surface area contributed by atoms with Gasteiger partial charge in [-0.2, -0.15) is 13.1 Å². The van der Waals surface area contributed by atoms with Crippen LogP contribution in [0, 0.1) is 0 Å². The highest BCUT2D eigenvalue weighted by atomic mass is 35.5. The van der Waals surface area contributed by atoms with E-state index in [1.165, 1.54) is 7.05 Å². The van der Waals surface area contributed by atoms with Crippen molar-refractivity contribution < 1.29 is 27.1 Å². The molecule has 3 N–H and O–H groups in total. The molecule has 0 radical (unpaired) electrons. The van der Waals surface area contributed by atoms with E-state index in [1.807, 2.05) is 32.4 Å². The number of carboxylic acids is 1. The van der Waals surface area contributed by atoms with E-state index in [0.29, 0.717) is 14.7 Å². The molecule has 0 fully saturated rings. The Morgan fingerprint density at radius 2 is 1.66 bits per heavy atom. The zero-order chi connectivity index (χ0) is 22.1. The summed E-state index contributed by atoms with van der Waals surface area (Å²) in [5, 5.41) is 12.2. The Morgan fingerprint density at radius 1 is 1.14 bits per heavy atom. The summed E-state index contributed by atoms with van der Waals surface area (Å²) in [5.74, 6) is -1.24. The zero-order valence-electron chi connectivity index (χ0n) is 16.7. The summed E-state index contributed by atoms with van der Waals surface area (Å²) in [4.78, 5) is 23.6. The zero-order valence-corrected chi connectivity index (χ0v) is 18.3. The molecule has 0 aliphatic carbocycles. The van der Waals surface area contributed by atoms with Crippen LogP contribution in [0.2, 0.25) is 5.02 Å². The van der Waals surface area contributed by atoms with Crippen molar-refractivity contribution >= 4 is 39.5 Å². The minimum atomic E-state index is -4.34. The first-order valence-corrected chi connectivity index (χ1v) is 10.6. The summed E-state index contributed by atoms with van der Waals surface area (Å²) in [6.45, 7) is 7.73. The van der Waals surface area contributed by atoms with Gasteiger partial charge in [0.25, 0.3) is 12.0 Å². The predicted octanol–water partition coefficient (Wildman–Crippen LogP) is 2.83. The van der Waals surface area contributed by atoms with Gasteiger partial charge in [0, 0.05) is 10.7 Å². The van der Waals surface area contributed by atoms with Crippen molar-refractivity contribution in [2.45, 2.75) is 39.5 Å². The molecule has 9 nitrogen and oxygen atoms in total. The molecular formula is C18H24ClN4O5S+. The molecule has 0 unspecified atom stereocenters. The maximum Gasteiger partial charge on any atom is 0.405 e. The first-order valence-electron chi connectivity index (χ1n) is 8.82. The summed E-state index contributed by atoms with van der Waals surface area (Å²) in [5.41, 5.74) is 1.79. The number of hydrogen-bond donors (Lipinski definition) is 3. The highest BCUT2D eigenvalue weighted by molar-refractivity contribution is 7.83. The van der Waals surface area contributed by atoms with Crippen LogP contribution in [0.15, 0.2) is 24.7 Å². The molecule has 158 valence electrons. The Labute approximate surface area is 174 Å². The number of aromatic carboxylic acids is 1. The van der Waals surface area contributed by atoms with Crippen molar-refractivity contribution in [3.8, 4) is 0 Å². The van der Waals surface area contributed by atoms with Crippen LogP contribution in [-0.2, 0) is 17.3 Å². The van der Waals surface area contributed by atoms with E-state index in [4.69, 9.17) is 16.7 Å². The second-order valence-electron chi connectivity index (χ2n) is 7.21. The van der Waals surface area contributed by atoms with E-state index in [2.05, 4.69) is 5.32 Å². The number of imidazole rings is 1. The number of aromatic nitrogens is 2. The Kier molecular flexibility index (Phi) is 6.59. The largest absolute Gasteiger partial charge is 0.475 e. The van der Waals surface area contributed by atoms with Crippen LogP contribution in [0.4, 0.5) is 10.5 Å². The van der Waals surface area contributed by atoms with Gasteiger partial charge in [-0.15, -0.1) is 3.97 Å². The normalized spacial score (nSPS) is 11.7. The highest BCUT2D eigenvalue weighted by Crippen LogP contribution is 2.35. The second kappa shape index (κ2) is 8.42. The van der Waals surface area contributed by atoms with Crippen LogP contribution in [0.1, 0.15) is 61.1 Å². The molecule has 2 rings (SSSR count). The quantitative estimate of drug-likeness (QED) is 0.592. The standard InChI is InChI=1S/C18H23ClN4O5S/c1-10(2)13-6-12(19)7-14(11(3)4)16(13)20-18(26)21-29(27,28)23-8-15(17(24)25)22(5)9-23/h6-11H,1-5H3,(H2-,20,21,24,25,26)/p+1. The van der Waals surface area contributed by atoms with Crippen LogP contribution < -0.4 is 14.0 Å². The van der Waals surface area contributed by atoms with Gasteiger partial charge in [-0.05, 0) is 35.1 Å². The predicted molar refractivity (Wildman–Crippen MR) is 109 cm³/mol. The summed E-state index contributed by atoms with van der Waals surface area (Å²) in [6, 6.07) is 2.49. The highest BCUT2D eigenvalue weighted by Gasteiger charge is 2.28. The average molecular weight is 444 g/mol. The first kappa shape index (κ1) is 22.7. The van der Waals surface area contributed by atoms with Crippen LogP contribution in [0.5, 0.6) is 0 Å². The number of hydrogen-bond acceptors (Lipinski definition) is 4. The number of nitrogens with zero attached hydrogens (tertiary/aromatic N) is 2. The Balaban J connectivity index is 2.36. The van der Waals surface area contributed by atoms with Gasteiger partial charge in [-0.25, -0.2) is 14.2 Å². The number of amides is 2. The number of carbonyl (C=O) groups is 2. The fraction of sp³-hybridized carbons (Fsp3) is 0.389. The summed E-state index contributed by atoms with van der Waals surface area (Å²) < 4.78 is 28.6. The smallest absolute Gasteiger partial charge is 0.405 e. The van der Waals surface area contributed by atoms with Crippen molar-refractivity contribution in [1.82, 2.24) is 9.29 Å². The van der Waals surface area contributed by atoms with E-state index >= 15 is 0 Å². The number of benzene rings is 1. The lowest BCUT2D eigenvalue weighted by Crippen LogP contribution is -2.52. The molecule has 1 heterocycles. The molecule has 0 spiro atoms. The van der Waals surface area contributed by atoms with Gasteiger partial charge in [0.15, 0.2) is 6.20 Å². The number of aryl methyl sites for hydroxylation is 1. The SMILES string of the molecule is CC(C)c1cc(Cl)cc(C(C)C)c1NC(=O)NS(=O)(=O)[n+]1cc(C(=O)O)n(C)c1. The molecule has 1 aromatic heterocycles. The van der Waals surface area contributed by atoms with Gasteiger partial charge in [0.2, 0.25) is 0 Å². The van der Waals surface area contributed by atoms with Crippen molar-refractivity contribution in [2.24, 2.45) is 7.05 Å². The fourth-order valence-electron chi connectivity index (χ4n) is 2.83. The third-order valence-corrected chi connectivity index (χ3v) is 5.70. The number of halogens is 1. The molecule has 11 heteroatoms. The van der Waals surface area contributed by atoms with Gasteiger partial charge in [0.1, 0.15) is 0 Å². The molecule has 0 aliphatic heterocycles. The topological polar surface area (TPSA) is 121 Å². The van der Waals surface area contributed by atoms with Crippen LogP contribution >= 0.6 is 11.6 Å². The number of urea groups is 1. The third kappa shape index (κ3) is 5.07. The van der Waals surface area contributed by atoms with Gasteiger partial charge in [-0.3, -0.25) is 0 Å². The first-order chi connectivity index (χ1) is 13.3. The van der Waals surface area contributed by atoms with Crippen molar-refractivity contribution in [3.63, 3.8) is 0 Å². The monoisotopic (exact) mass is 443 g/mol. The summed E-state index contributed by atoms with van der Waals surface area (Å²) in [7, 11) is -2.96. The minimum Gasteiger partial charge on any atom is -0.475 e. The summed E-state index contributed by atoms with van der Waals surface area (Å²) in [6.07, 6.45) is 1.94. The van der Waals surface area contributed by atoms with Crippen LogP contribution in [-0.4, -0.2) is 30.1 Å². The minimum absolute atomic E-state index is 0.0275. The average Bonchev–Trinajstić information content (AvgIpc) is 2.98. The Bertz CT molecular complexity index is 1030. The Morgan fingerprint density at radius 3 is 2.07 bits per heavy atom. The molecule has 2 aromatic rings. The number of carboxylic acid groups (broad SMARTS) is 1. The lowest BCUT2D eigenvalue weighted by molar-refractivity contribution is -0.511. The molecule has 0 aliphatic rings. The molecule has 0 saturated heterocycles. The number of carbonyl (C=O) groups excluding carboxylic acids is 1. The molecule has 2 amide bonds. The molecular weight excluding hydrogens is 420 g/mol. The molecule has 29 heavy (non-hydrogen) atoms. The third-order valence-electron chi connectivity index (χ3n) is 4.28. The lowest BCUT2D eigenvalue weighted by atomic mass is 9.92. The van der Waals surface area contributed by atoms with E-state index in [9.17, 15) is 18.0 Å². The van der Waals surface area contributed by atoms with E-state index < -0.39 is 22.2 Å². The van der Waals surface area contributed by atoms with Crippen LogP contribution in [0.25, 0.3) is 0 Å². The van der Waals surface area contributed by atoms with Crippen molar-refractivity contribution in [3.05, 3.63) is 46.5 Å². The maximum absolute atomic E-state index is 12.5. The van der Waals surface area contributed by atoms with Gasteiger partial charge >= 0.3 is 22.2 Å². The Hall–Kier alpha value is -2.59. The molecule has 0 atom stereocenters. The van der Waals surface area contributed by atoms with Crippen LogP contribution in [0.3, 0.4) is 0 Å². The van der Waals surface area contributed by atoms with E-state index in [-0.39, 0.29) is 17.5 Å². The number of anilines is 1.